The Labute approximate surface area is 140 Å². The van der Waals surface area contributed by atoms with Crippen molar-refractivity contribution in [2.75, 3.05) is 0 Å². The van der Waals surface area contributed by atoms with Crippen LogP contribution in [0.2, 0.25) is 0 Å². The van der Waals surface area contributed by atoms with Gasteiger partial charge in [0.05, 0.1) is 5.92 Å². The van der Waals surface area contributed by atoms with Crippen LogP contribution in [0.3, 0.4) is 0 Å². The van der Waals surface area contributed by atoms with Gasteiger partial charge in [0.1, 0.15) is 0 Å². The van der Waals surface area contributed by atoms with Gasteiger partial charge in [-0.1, -0.05) is 55.5 Å². The van der Waals surface area contributed by atoms with Crippen molar-refractivity contribution in [2.24, 2.45) is 0 Å². The van der Waals surface area contributed by atoms with E-state index in [1.807, 2.05) is 67.6 Å². The van der Waals surface area contributed by atoms with E-state index in [9.17, 15) is 4.79 Å². The van der Waals surface area contributed by atoms with Crippen LogP contribution in [0, 0.1) is 0 Å². The quantitative estimate of drug-likeness (QED) is 0.642. The number of hydrogen-bond donors (Lipinski definition) is 0. The molecular weight excluding hydrogens is 304 g/mol. The lowest BCUT2D eigenvalue weighted by Gasteiger charge is -2.13. The summed E-state index contributed by atoms with van der Waals surface area (Å²) in [6, 6.07) is 19.1. The number of carbonyl (C=O) groups excluding carboxylic acids is 1. The molecule has 24 heavy (non-hydrogen) atoms. The molecular formula is C19H18N2O3. The van der Waals surface area contributed by atoms with Crippen LogP contribution in [-0.2, 0) is 16.1 Å². The Morgan fingerprint density at radius 3 is 2.38 bits per heavy atom. The molecule has 0 unspecified atom stereocenters. The van der Waals surface area contributed by atoms with Gasteiger partial charge in [0.15, 0.2) is 6.61 Å². The lowest BCUT2D eigenvalue weighted by atomic mass is 9.97. The summed E-state index contributed by atoms with van der Waals surface area (Å²) in [5.41, 5.74) is 1.78. The Hall–Kier alpha value is -2.95. The van der Waals surface area contributed by atoms with Crippen molar-refractivity contribution in [3.05, 3.63) is 72.1 Å². The molecule has 0 fully saturated rings. The molecule has 2 aromatic carbocycles. The summed E-state index contributed by atoms with van der Waals surface area (Å²) < 4.78 is 10.9. The summed E-state index contributed by atoms with van der Waals surface area (Å²) in [6.07, 6.45) is 0.669. The number of rotatable bonds is 6. The zero-order valence-electron chi connectivity index (χ0n) is 13.4. The molecule has 0 radical (unpaired) electrons. The van der Waals surface area contributed by atoms with E-state index in [2.05, 4.69) is 10.2 Å². The van der Waals surface area contributed by atoms with E-state index < -0.39 is 0 Å². The van der Waals surface area contributed by atoms with Crippen LogP contribution in [0.15, 0.2) is 65.1 Å². The predicted molar refractivity (Wildman–Crippen MR) is 89.0 cm³/mol. The molecule has 0 N–H and O–H groups in total. The van der Waals surface area contributed by atoms with Crippen LogP contribution in [0.4, 0.5) is 0 Å². The molecule has 122 valence electrons. The summed E-state index contributed by atoms with van der Waals surface area (Å²) in [5, 5.41) is 7.91. The third-order valence-electron chi connectivity index (χ3n) is 3.72. The van der Waals surface area contributed by atoms with Crippen molar-refractivity contribution < 1.29 is 13.9 Å². The fraction of sp³-hybridized carbons (Fsp3) is 0.211. The van der Waals surface area contributed by atoms with E-state index in [4.69, 9.17) is 9.15 Å². The highest BCUT2D eigenvalue weighted by atomic mass is 16.5. The summed E-state index contributed by atoms with van der Waals surface area (Å²) in [7, 11) is 0. The average molecular weight is 322 g/mol. The molecule has 0 saturated heterocycles. The maximum Gasteiger partial charge on any atom is 0.313 e. The Morgan fingerprint density at radius 1 is 1.04 bits per heavy atom. The number of carbonyl (C=O) groups is 1. The minimum atomic E-state index is -0.289. The summed E-state index contributed by atoms with van der Waals surface area (Å²) in [6.45, 7) is 1.93. The molecule has 3 aromatic rings. The highest BCUT2D eigenvalue weighted by Crippen LogP contribution is 2.22. The molecule has 0 spiro atoms. The zero-order chi connectivity index (χ0) is 16.8. The van der Waals surface area contributed by atoms with Gasteiger partial charge < -0.3 is 9.15 Å². The second kappa shape index (κ2) is 7.55. The third-order valence-corrected chi connectivity index (χ3v) is 3.72. The van der Waals surface area contributed by atoms with Gasteiger partial charge in [-0.3, -0.25) is 4.79 Å². The van der Waals surface area contributed by atoms with E-state index >= 15 is 0 Å². The van der Waals surface area contributed by atoms with E-state index in [1.54, 1.807) is 0 Å². The predicted octanol–water partition coefficient (Wildman–Crippen LogP) is 3.97. The van der Waals surface area contributed by atoms with Crippen LogP contribution in [-0.4, -0.2) is 16.2 Å². The number of esters is 1. The van der Waals surface area contributed by atoms with Crippen LogP contribution in [0.5, 0.6) is 0 Å². The summed E-state index contributed by atoms with van der Waals surface area (Å²) >= 11 is 0. The smallest absolute Gasteiger partial charge is 0.313 e. The molecule has 5 heteroatoms. The minimum absolute atomic E-state index is 0.0258. The number of hydrogen-bond acceptors (Lipinski definition) is 5. The van der Waals surface area contributed by atoms with E-state index in [0.29, 0.717) is 12.3 Å². The molecule has 0 saturated carbocycles. The fourth-order valence-electron chi connectivity index (χ4n) is 2.47. The molecule has 0 amide bonds. The molecule has 0 aliphatic rings. The van der Waals surface area contributed by atoms with Crippen molar-refractivity contribution in [3.63, 3.8) is 0 Å². The summed E-state index contributed by atoms with van der Waals surface area (Å²) in [5.74, 6) is 0.118. The topological polar surface area (TPSA) is 65.2 Å². The molecule has 0 aliphatic carbocycles. The van der Waals surface area contributed by atoms with E-state index in [0.717, 1.165) is 11.1 Å². The molecule has 5 nitrogen and oxygen atoms in total. The third kappa shape index (κ3) is 3.68. The molecule has 1 atom stereocenters. The number of benzene rings is 2. The molecule has 1 aromatic heterocycles. The van der Waals surface area contributed by atoms with Gasteiger partial charge >= 0.3 is 5.97 Å². The van der Waals surface area contributed by atoms with Gasteiger partial charge in [0, 0.05) is 5.56 Å². The largest absolute Gasteiger partial charge is 0.455 e. The standard InChI is InChI=1S/C19H18N2O3/c1-2-16(14-9-5-3-6-10-14)19(22)23-13-17-20-21-18(24-17)15-11-7-4-8-12-15/h3-12,16H,2,13H2,1H3/t16-/m0/s1. The zero-order valence-corrected chi connectivity index (χ0v) is 13.4. The Morgan fingerprint density at radius 2 is 1.71 bits per heavy atom. The highest BCUT2D eigenvalue weighted by Gasteiger charge is 2.21. The van der Waals surface area contributed by atoms with Crippen LogP contribution < -0.4 is 0 Å². The summed E-state index contributed by atoms with van der Waals surface area (Å²) in [4.78, 5) is 12.3. The average Bonchev–Trinajstić information content (AvgIpc) is 3.11. The molecule has 1 heterocycles. The van der Waals surface area contributed by atoms with Crippen molar-refractivity contribution in [1.29, 1.82) is 0 Å². The van der Waals surface area contributed by atoms with Crippen molar-refractivity contribution >= 4 is 5.97 Å². The first kappa shape index (κ1) is 15.9. The Balaban J connectivity index is 1.63. The van der Waals surface area contributed by atoms with Crippen molar-refractivity contribution in [1.82, 2.24) is 10.2 Å². The maximum atomic E-state index is 12.3. The van der Waals surface area contributed by atoms with Gasteiger partial charge in [-0.15, -0.1) is 10.2 Å². The Bertz CT molecular complexity index is 785. The van der Waals surface area contributed by atoms with Crippen LogP contribution in [0.1, 0.15) is 30.7 Å². The SMILES string of the molecule is CC[C@H](C(=O)OCc1nnc(-c2ccccc2)o1)c1ccccc1. The van der Waals surface area contributed by atoms with Crippen molar-refractivity contribution in [3.8, 4) is 11.5 Å². The van der Waals surface area contributed by atoms with Gasteiger partial charge in [0.25, 0.3) is 5.89 Å². The lowest BCUT2D eigenvalue weighted by Crippen LogP contribution is -2.15. The van der Waals surface area contributed by atoms with E-state index in [1.165, 1.54) is 0 Å². The highest BCUT2D eigenvalue weighted by molar-refractivity contribution is 5.78. The molecule has 3 rings (SSSR count). The monoisotopic (exact) mass is 322 g/mol. The van der Waals surface area contributed by atoms with Crippen LogP contribution in [0.25, 0.3) is 11.5 Å². The molecule has 0 aliphatic heterocycles. The first-order valence-electron chi connectivity index (χ1n) is 7.87. The van der Waals surface area contributed by atoms with Gasteiger partial charge in [-0.2, -0.15) is 0 Å². The first-order chi connectivity index (χ1) is 11.8. The second-order valence-corrected chi connectivity index (χ2v) is 5.35. The van der Waals surface area contributed by atoms with Crippen molar-refractivity contribution in [2.45, 2.75) is 25.9 Å². The number of nitrogens with zero attached hydrogens (tertiary/aromatic N) is 2. The lowest BCUT2D eigenvalue weighted by molar-refractivity contribution is -0.147. The van der Waals surface area contributed by atoms with Gasteiger partial charge in [0.2, 0.25) is 5.89 Å². The maximum absolute atomic E-state index is 12.3. The minimum Gasteiger partial charge on any atom is -0.455 e. The first-order valence-corrected chi connectivity index (χ1v) is 7.87. The number of aromatic nitrogens is 2. The number of ether oxygens (including phenoxy) is 1. The van der Waals surface area contributed by atoms with Gasteiger partial charge in [-0.25, -0.2) is 0 Å². The Kier molecular flexibility index (Phi) is 5.01. The molecule has 0 bridgehead atoms. The second-order valence-electron chi connectivity index (χ2n) is 5.35. The van der Waals surface area contributed by atoms with Gasteiger partial charge in [-0.05, 0) is 24.1 Å². The van der Waals surface area contributed by atoms with E-state index in [-0.39, 0.29) is 24.4 Å². The van der Waals surface area contributed by atoms with Crippen LogP contribution >= 0.6 is 0 Å². The fourth-order valence-corrected chi connectivity index (χ4v) is 2.47. The normalized spacial score (nSPS) is 11.9.